The van der Waals surface area contributed by atoms with E-state index >= 15 is 0 Å². The summed E-state index contributed by atoms with van der Waals surface area (Å²) in [6, 6.07) is 10.4. The highest BCUT2D eigenvalue weighted by Gasteiger charge is 2.18. The molecule has 0 aliphatic heterocycles. The highest BCUT2D eigenvalue weighted by molar-refractivity contribution is 7.92. The second-order valence-corrected chi connectivity index (χ2v) is 6.27. The first kappa shape index (κ1) is 15.6. The van der Waals surface area contributed by atoms with Crippen LogP contribution < -0.4 is 10.0 Å². The monoisotopic (exact) mass is 308 g/mol. The maximum absolute atomic E-state index is 12.2. The van der Waals surface area contributed by atoms with E-state index in [4.69, 9.17) is 4.42 Å². The predicted molar refractivity (Wildman–Crippen MR) is 82.7 cm³/mol. The molecular formula is C15H20N2O3S. The molecule has 0 aliphatic carbocycles. The van der Waals surface area contributed by atoms with Gasteiger partial charge < -0.3 is 9.73 Å². The average molecular weight is 308 g/mol. The van der Waals surface area contributed by atoms with E-state index < -0.39 is 10.0 Å². The van der Waals surface area contributed by atoms with Crippen molar-refractivity contribution in [3.8, 4) is 0 Å². The Labute approximate surface area is 125 Å². The van der Waals surface area contributed by atoms with E-state index in [1.807, 2.05) is 26.0 Å². The number of benzene rings is 1. The zero-order valence-corrected chi connectivity index (χ0v) is 13.0. The minimum atomic E-state index is -3.68. The van der Waals surface area contributed by atoms with Crippen molar-refractivity contribution < 1.29 is 12.8 Å². The summed E-state index contributed by atoms with van der Waals surface area (Å²) < 4.78 is 32.3. The Morgan fingerprint density at radius 1 is 1.05 bits per heavy atom. The third-order valence-electron chi connectivity index (χ3n) is 3.07. The third-order valence-corrected chi connectivity index (χ3v) is 4.32. The minimum absolute atomic E-state index is 0.0741. The lowest BCUT2D eigenvalue weighted by molar-refractivity contribution is 0.405. The molecule has 0 saturated heterocycles. The fourth-order valence-corrected chi connectivity index (χ4v) is 2.87. The number of sulfonamides is 1. The van der Waals surface area contributed by atoms with Gasteiger partial charge in [-0.15, -0.1) is 0 Å². The zero-order valence-electron chi connectivity index (χ0n) is 12.2. The topological polar surface area (TPSA) is 71.3 Å². The van der Waals surface area contributed by atoms with Crippen LogP contribution in [0, 0.1) is 0 Å². The molecule has 0 fully saturated rings. The first-order chi connectivity index (χ1) is 10.0. The number of hydrogen-bond acceptors (Lipinski definition) is 4. The van der Waals surface area contributed by atoms with Gasteiger partial charge >= 0.3 is 0 Å². The van der Waals surface area contributed by atoms with E-state index in [0.717, 1.165) is 18.5 Å². The Morgan fingerprint density at radius 2 is 1.76 bits per heavy atom. The van der Waals surface area contributed by atoms with Crippen molar-refractivity contribution in [2.24, 2.45) is 0 Å². The number of aryl methyl sites for hydroxylation is 1. The fraction of sp³-hybridized carbons (Fsp3) is 0.333. The van der Waals surface area contributed by atoms with E-state index in [1.54, 1.807) is 18.2 Å². The smallest absolute Gasteiger partial charge is 0.295 e. The molecule has 0 atom stereocenters. The van der Waals surface area contributed by atoms with E-state index in [2.05, 4.69) is 10.0 Å². The summed E-state index contributed by atoms with van der Waals surface area (Å²) in [7, 11) is -3.68. The molecule has 0 unspecified atom stereocenters. The Bertz CT molecular complexity index is 675. The molecule has 0 aliphatic rings. The molecule has 6 heteroatoms. The van der Waals surface area contributed by atoms with Crippen LogP contribution in [0.25, 0.3) is 0 Å². The van der Waals surface area contributed by atoms with Crippen LogP contribution in [0.1, 0.15) is 25.2 Å². The van der Waals surface area contributed by atoms with E-state index in [0.29, 0.717) is 18.0 Å². The Morgan fingerprint density at radius 3 is 2.38 bits per heavy atom. The summed E-state index contributed by atoms with van der Waals surface area (Å²) in [6.07, 6.45) is 0.916. The molecule has 0 spiro atoms. The van der Waals surface area contributed by atoms with Gasteiger partial charge in [0.1, 0.15) is 5.76 Å². The summed E-state index contributed by atoms with van der Waals surface area (Å²) in [6.45, 7) is 5.33. The van der Waals surface area contributed by atoms with Crippen molar-refractivity contribution in [2.45, 2.75) is 31.9 Å². The van der Waals surface area contributed by atoms with Crippen LogP contribution in [0.4, 0.5) is 5.69 Å². The molecule has 114 valence electrons. The number of rotatable bonds is 7. The lowest BCUT2D eigenvalue weighted by atomic mass is 10.2. The molecule has 2 rings (SSSR count). The quantitative estimate of drug-likeness (QED) is 0.825. The molecule has 1 aromatic carbocycles. The summed E-state index contributed by atoms with van der Waals surface area (Å²) in [4.78, 5) is 0. The summed E-state index contributed by atoms with van der Waals surface area (Å²) in [5.41, 5.74) is 1.68. The molecule has 0 bridgehead atoms. The normalized spacial score (nSPS) is 11.5. The standard InChI is InChI=1S/C15H20N2O3S/c1-3-12-5-7-13(8-6-12)17-21(18,19)15-10-9-14(20-15)11-16-4-2/h5-10,16-17H,3-4,11H2,1-2H3. The number of hydrogen-bond donors (Lipinski definition) is 2. The Hall–Kier alpha value is -1.79. The SMILES string of the molecule is CCNCc1ccc(S(=O)(=O)Nc2ccc(CC)cc2)o1. The van der Waals surface area contributed by atoms with Crippen molar-refractivity contribution >= 4 is 15.7 Å². The summed E-state index contributed by atoms with van der Waals surface area (Å²) in [5.74, 6) is 0.596. The van der Waals surface area contributed by atoms with E-state index in [9.17, 15) is 8.42 Å². The van der Waals surface area contributed by atoms with Crippen LogP contribution >= 0.6 is 0 Å². The van der Waals surface area contributed by atoms with Gasteiger partial charge in [0.05, 0.1) is 6.54 Å². The minimum Gasteiger partial charge on any atom is -0.446 e. The number of nitrogens with one attached hydrogen (secondary N) is 2. The van der Waals surface area contributed by atoms with Gasteiger partial charge in [-0.25, -0.2) is 0 Å². The third kappa shape index (κ3) is 4.09. The second kappa shape index (κ2) is 6.78. The van der Waals surface area contributed by atoms with Crippen LogP contribution in [-0.4, -0.2) is 15.0 Å². The van der Waals surface area contributed by atoms with Gasteiger partial charge in [-0.3, -0.25) is 4.72 Å². The Balaban J connectivity index is 2.11. The van der Waals surface area contributed by atoms with Crippen molar-refractivity contribution in [2.75, 3.05) is 11.3 Å². The van der Waals surface area contributed by atoms with Gasteiger partial charge in [0, 0.05) is 5.69 Å². The second-order valence-electron chi connectivity index (χ2n) is 4.66. The van der Waals surface area contributed by atoms with Crippen molar-refractivity contribution in [1.82, 2.24) is 5.32 Å². The molecular weight excluding hydrogens is 288 g/mol. The predicted octanol–water partition coefficient (Wildman–Crippen LogP) is 2.75. The Kier molecular flexibility index (Phi) is 5.03. The molecule has 2 N–H and O–H groups in total. The van der Waals surface area contributed by atoms with Gasteiger partial charge in [-0.05, 0) is 42.8 Å². The van der Waals surface area contributed by atoms with E-state index in [-0.39, 0.29) is 5.09 Å². The largest absolute Gasteiger partial charge is 0.446 e. The van der Waals surface area contributed by atoms with Crippen LogP contribution in [0.2, 0.25) is 0 Å². The van der Waals surface area contributed by atoms with Crippen molar-refractivity contribution in [3.63, 3.8) is 0 Å². The molecule has 2 aromatic rings. The molecule has 1 heterocycles. The molecule has 0 radical (unpaired) electrons. The fourth-order valence-electron chi connectivity index (χ4n) is 1.86. The molecule has 0 amide bonds. The van der Waals surface area contributed by atoms with Gasteiger partial charge in [0.15, 0.2) is 0 Å². The highest BCUT2D eigenvalue weighted by Crippen LogP contribution is 2.19. The molecule has 0 saturated carbocycles. The molecule has 21 heavy (non-hydrogen) atoms. The van der Waals surface area contributed by atoms with Gasteiger partial charge in [0.25, 0.3) is 10.0 Å². The maximum atomic E-state index is 12.2. The highest BCUT2D eigenvalue weighted by atomic mass is 32.2. The van der Waals surface area contributed by atoms with Gasteiger partial charge in [-0.2, -0.15) is 8.42 Å². The van der Waals surface area contributed by atoms with Gasteiger partial charge in [0.2, 0.25) is 5.09 Å². The van der Waals surface area contributed by atoms with Crippen LogP contribution in [0.3, 0.4) is 0 Å². The molecule has 1 aromatic heterocycles. The summed E-state index contributed by atoms with van der Waals surface area (Å²) in [5, 5.41) is 3.01. The number of anilines is 1. The number of furan rings is 1. The van der Waals surface area contributed by atoms with Crippen LogP contribution in [-0.2, 0) is 23.0 Å². The lowest BCUT2D eigenvalue weighted by Gasteiger charge is -2.06. The first-order valence-electron chi connectivity index (χ1n) is 6.96. The lowest BCUT2D eigenvalue weighted by Crippen LogP contribution is -2.13. The first-order valence-corrected chi connectivity index (χ1v) is 8.44. The molecule has 5 nitrogen and oxygen atoms in total. The van der Waals surface area contributed by atoms with Crippen molar-refractivity contribution in [1.29, 1.82) is 0 Å². The average Bonchev–Trinajstić information content (AvgIpc) is 2.95. The van der Waals surface area contributed by atoms with Gasteiger partial charge in [-0.1, -0.05) is 26.0 Å². The van der Waals surface area contributed by atoms with Crippen LogP contribution in [0.15, 0.2) is 45.9 Å². The van der Waals surface area contributed by atoms with Crippen LogP contribution in [0.5, 0.6) is 0 Å². The van der Waals surface area contributed by atoms with E-state index in [1.165, 1.54) is 6.07 Å². The maximum Gasteiger partial charge on any atom is 0.295 e. The summed E-state index contributed by atoms with van der Waals surface area (Å²) >= 11 is 0. The zero-order chi connectivity index (χ0) is 15.3. The van der Waals surface area contributed by atoms with Crippen molar-refractivity contribution in [3.05, 3.63) is 47.7 Å².